The van der Waals surface area contributed by atoms with Gasteiger partial charge in [-0.2, -0.15) is 18.4 Å². The molecule has 1 heterocycles. The van der Waals surface area contributed by atoms with Crippen molar-refractivity contribution in [2.75, 3.05) is 0 Å². The molecule has 2 aromatic rings. The van der Waals surface area contributed by atoms with Crippen molar-refractivity contribution in [3.8, 4) is 6.07 Å². The van der Waals surface area contributed by atoms with Gasteiger partial charge in [-0.05, 0) is 70.3 Å². The summed E-state index contributed by atoms with van der Waals surface area (Å²) in [6, 6.07) is 7.30. The molecule has 0 aliphatic carbocycles. The van der Waals surface area contributed by atoms with E-state index in [1.165, 1.54) is 32.3 Å². The number of pyridine rings is 1. The summed E-state index contributed by atoms with van der Waals surface area (Å²) in [5, 5.41) is 12.4. The largest absolute Gasteiger partial charge is 0.416 e. The van der Waals surface area contributed by atoms with Gasteiger partial charge in [-0.25, -0.2) is 0 Å². The zero-order valence-corrected chi connectivity index (χ0v) is 19.8. The number of aromatic nitrogens is 1. The Morgan fingerprint density at radius 2 is 1.91 bits per heavy atom. The van der Waals surface area contributed by atoms with Gasteiger partial charge in [0.2, 0.25) is 0 Å². The van der Waals surface area contributed by atoms with Crippen molar-refractivity contribution in [3.63, 3.8) is 0 Å². The van der Waals surface area contributed by atoms with Gasteiger partial charge < -0.3 is 5.32 Å². The standard InChI is InChI=1S/C24H23ClF3N5O/c1-6-31-21(19-8-7-18(25)12-32-19)20(30-5)14(2)33-22(34)15-9-16(23(3,4)13-29)11-17(10-15)24(26,27)28/h6-12,14H,5H2,1-4H3,(H,33,34)/b21-20-,31-6-. The molecule has 0 radical (unpaired) electrons. The van der Waals surface area contributed by atoms with E-state index in [4.69, 9.17) is 11.6 Å². The van der Waals surface area contributed by atoms with Gasteiger partial charge in [0, 0.05) is 18.0 Å². The highest BCUT2D eigenvalue weighted by Gasteiger charge is 2.34. The van der Waals surface area contributed by atoms with Crippen molar-refractivity contribution in [1.82, 2.24) is 10.3 Å². The summed E-state index contributed by atoms with van der Waals surface area (Å²) in [7, 11) is 0. The minimum Gasteiger partial charge on any atom is -0.344 e. The maximum absolute atomic E-state index is 13.5. The second kappa shape index (κ2) is 10.6. The number of hydrogen-bond acceptors (Lipinski definition) is 5. The monoisotopic (exact) mass is 489 g/mol. The molecule has 178 valence electrons. The first-order chi connectivity index (χ1) is 15.8. The lowest BCUT2D eigenvalue weighted by Crippen LogP contribution is -2.34. The Kier molecular flexibility index (Phi) is 8.35. The number of nitrogens with zero attached hydrogens (tertiary/aromatic N) is 4. The number of nitrogens with one attached hydrogen (secondary N) is 1. The van der Waals surface area contributed by atoms with Crippen LogP contribution < -0.4 is 5.32 Å². The van der Waals surface area contributed by atoms with Gasteiger partial charge in [-0.1, -0.05) is 11.6 Å². The molecule has 2 rings (SSSR count). The number of alkyl halides is 3. The van der Waals surface area contributed by atoms with Crippen LogP contribution in [0.5, 0.6) is 0 Å². The molecule has 1 atom stereocenters. The highest BCUT2D eigenvalue weighted by Crippen LogP contribution is 2.34. The Morgan fingerprint density at radius 1 is 1.26 bits per heavy atom. The number of aliphatic imine (C=N–C) groups is 2. The molecule has 0 spiro atoms. The summed E-state index contributed by atoms with van der Waals surface area (Å²) in [6.07, 6.45) is -1.76. The van der Waals surface area contributed by atoms with Gasteiger partial charge >= 0.3 is 6.18 Å². The predicted octanol–water partition coefficient (Wildman–Crippen LogP) is 5.83. The van der Waals surface area contributed by atoms with Crippen molar-refractivity contribution in [2.24, 2.45) is 9.98 Å². The van der Waals surface area contributed by atoms with Crippen LogP contribution in [0.15, 0.2) is 52.2 Å². The molecule has 1 aromatic carbocycles. The van der Waals surface area contributed by atoms with Crippen LogP contribution in [0.1, 0.15) is 54.9 Å². The Balaban J connectivity index is 2.51. The first-order valence-corrected chi connectivity index (χ1v) is 10.5. The fourth-order valence-electron chi connectivity index (χ4n) is 3.02. The third-order valence-electron chi connectivity index (χ3n) is 4.92. The van der Waals surface area contributed by atoms with Crippen LogP contribution in [0.2, 0.25) is 5.02 Å². The van der Waals surface area contributed by atoms with Gasteiger partial charge in [0.15, 0.2) is 0 Å². The van der Waals surface area contributed by atoms with E-state index < -0.39 is 29.1 Å². The molecule has 0 aliphatic heterocycles. The van der Waals surface area contributed by atoms with E-state index in [-0.39, 0.29) is 16.8 Å². The topological polar surface area (TPSA) is 90.5 Å². The van der Waals surface area contributed by atoms with Gasteiger partial charge in [-0.3, -0.25) is 19.8 Å². The summed E-state index contributed by atoms with van der Waals surface area (Å²) >= 11 is 5.90. The third kappa shape index (κ3) is 6.29. The molecule has 0 saturated carbocycles. The maximum atomic E-state index is 13.5. The van der Waals surface area contributed by atoms with E-state index in [2.05, 4.69) is 27.0 Å². The number of amides is 1. The molecule has 1 amide bonds. The minimum absolute atomic E-state index is 0.0712. The lowest BCUT2D eigenvalue weighted by molar-refractivity contribution is -0.137. The van der Waals surface area contributed by atoms with Crippen LogP contribution in [0, 0.1) is 11.3 Å². The van der Waals surface area contributed by atoms with Crippen LogP contribution in [0.4, 0.5) is 13.2 Å². The molecule has 0 aliphatic rings. The molecule has 1 N–H and O–H groups in total. The quantitative estimate of drug-likeness (QED) is 0.496. The Bertz CT molecular complexity index is 1180. The summed E-state index contributed by atoms with van der Waals surface area (Å²) in [5.41, 5.74) is -1.44. The highest BCUT2D eigenvalue weighted by molar-refractivity contribution is 6.30. The van der Waals surface area contributed by atoms with E-state index in [9.17, 15) is 23.2 Å². The minimum atomic E-state index is -4.70. The van der Waals surface area contributed by atoms with E-state index in [1.54, 1.807) is 26.0 Å². The van der Waals surface area contributed by atoms with E-state index in [1.807, 2.05) is 6.07 Å². The summed E-state index contributed by atoms with van der Waals surface area (Å²) in [6.45, 7) is 9.77. The fourth-order valence-corrected chi connectivity index (χ4v) is 3.13. The molecular weight excluding hydrogens is 467 g/mol. The Hall–Kier alpha value is -3.51. The van der Waals surface area contributed by atoms with Crippen molar-refractivity contribution in [2.45, 2.75) is 45.3 Å². The van der Waals surface area contributed by atoms with E-state index >= 15 is 0 Å². The number of rotatable bonds is 7. The molecular formula is C24H23ClF3N5O. The number of benzene rings is 1. The van der Waals surface area contributed by atoms with Gasteiger partial charge in [0.05, 0.1) is 39.5 Å². The fraction of sp³-hybridized carbons (Fsp3) is 0.292. The Labute approximate surface area is 200 Å². The summed E-state index contributed by atoms with van der Waals surface area (Å²) in [4.78, 5) is 25.4. The zero-order chi connectivity index (χ0) is 25.7. The van der Waals surface area contributed by atoms with Crippen molar-refractivity contribution < 1.29 is 18.0 Å². The number of carbonyl (C=O) groups excluding carboxylic acids is 1. The van der Waals surface area contributed by atoms with Gasteiger partial charge in [-0.15, -0.1) is 0 Å². The van der Waals surface area contributed by atoms with Crippen LogP contribution in [-0.4, -0.2) is 29.9 Å². The average molecular weight is 490 g/mol. The molecule has 0 fully saturated rings. The molecule has 10 heteroatoms. The third-order valence-corrected chi connectivity index (χ3v) is 5.15. The molecule has 1 unspecified atom stereocenters. The normalized spacial score (nSPS) is 13.7. The smallest absolute Gasteiger partial charge is 0.344 e. The zero-order valence-electron chi connectivity index (χ0n) is 19.0. The molecule has 1 aromatic heterocycles. The molecule has 0 bridgehead atoms. The van der Waals surface area contributed by atoms with Gasteiger partial charge in [0.25, 0.3) is 5.91 Å². The second-order valence-corrected chi connectivity index (χ2v) is 8.31. The first-order valence-electron chi connectivity index (χ1n) is 10.1. The first kappa shape index (κ1) is 26.7. The van der Waals surface area contributed by atoms with Crippen LogP contribution in [0.3, 0.4) is 0 Å². The van der Waals surface area contributed by atoms with Crippen LogP contribution >= 0.6 is 11.6 Å². The number of carbonyl (C=O) groups is 1. The molecule has 6 nitrogen and oxygen atoms in total. The predicted molar refractivity (Wildman–Crippen MR) is 127 cm³/mol. The van der Waals surface area contributed by atoms with Crippen LogP contribution in [-0.2, 0) is 11.6 Å². The van der Waals surface area contributed by atoms with Crippen molar-refractivity contribution >= 4 is 36.1 Å². The molecule has 34 heavy (non-hydrogen) atoms. The van der Waals surface area contributed by atoms with E-state index in [0.29, 0.717) is 16.4 Å². The lowest BCUT2D eigenvalue weighted by atomic mass is 9.84. The SMILES string of the molecule is C=N/C(=C(\N=C/C)c1ccc(Cl)cn1)C(C)NC(=O)c1cc(C(F)(F)F)cc(C(C)(C)C#N)c1. The van der Waals surface area contributed by atoms with E-state index in [0.717, 1.165) is 12.1 Å². The highest BCUT2D eigenvalue weighted by atomic mass is 35.5. The maximum Gasteiger partial charge on any atom is 0.416 e. The van der Waals surface area contributed by atoms with Gasteiger partial charge in [0.1, 0.15) is 5.70 Å². The number of hydrogen-bond donors (Lipinski definition) is 1. The van der Waals surface area contributed by atoms with Crippen molar-refractivity contribution in [3.05, 3.63) is 69.6 Å². The number of halogens is 4. The second-order valence-electron chi connectivity index (χ2n) is 7.87. The van der Waals surface area contributed by atoms with Crippen molar-refractivity contribution in [1.29, 1.82) is 5.26 Å². The van der Waals surface area contributed by atoms with Crippen LogP contribution in [0.25, 0.3) is 5.70 Å². The average Bonchev–Trinajstić information content (AvgIpc) is 2.78. The Morgan fingerprint density at radius 3 is 2.41 bits per heavy atom. The molecule has 0 saturated heterocycles. The number of nitriles is 1. The summed E-state index contributed by atoms with van der Waals surface area (Å²) in [5.74, 6) is -0.779. The lowest BCUT2D eigenvalue weighted by Gasteiger charge is -2.21. The summed E-state index contributed by atoms with van der Waals surface area (Å²) < 4.78 is 40.4.